The van der Waals surface area contributed by atoms with Crippen molar-refractivity contribution in [3.05, 3.63) is 35.9 Å². The summed E-state index contributed by atoms with van der Waals surface area (Å²) in [6.07, 6.45) is 0.242. The summed E-state index contributed by atoms with van der Waals surface area (Å²) in [4.78, 5) is 26.1. The Labute approximate surface area is 126 Å². The van der Waals surface area contributed by atoms with Gasteiger partial charge in [-0.2, -0.15) is 0 Å². The molecule has 1 saturated heterocycles. The number of esters is 1. The first kappa shape index (κ1) is 15.5. The van der Waals surface area contributed by atoms with Gasteiger partial charge in [0.1, 0.15) is 5.60 Å². The van der Waals surface area contributed by atoms with Gasteiger partial charge in [-0.3, -0.25) is 9.59 Å². The predicted molar refractivity (Wildman–Crippen MR) is 80.5 cm³/mol. The number of carbonyl (C=O) groups is 2. The highest BCUT2D eigenvalue weighted by Gasteiger charge is 2.38. The molecule has 1 aromatic carbocycles. The zero-order chi connectivity index (χ0) is 15.6. The SMILES string of the molecule is CC(c1ccccc1)N1C[C@H](C(=O)OC(C)(C)C)CC1=O. The Kier molecular flexibility index (Phi) is 4.35. The van der Waals surface area contributed by atoms with E-state index in [4.69, 9.17) is 4.74 Å². The molecule has 0 N–H and O–H groups in total. The molecule has 2 atom stereocenters. The van der Waals surface area contributed by atoms with Crippen LogP contribution in [0, 0.1) is 5.92 Å². The maximum absolute atomic E-state index is 12.2. The molecule has 1 heterocycles. The van der Waals surface area contributed by atoms with E-state index in [0.717, 1.165) is 5.56 Å². The number of amides is 1. The van der Waals surface area contributed by atoms with Gasteiger partial charge in [0.2, 0.25) is 5.91 Å². The van der Waals surface area contributed by atoms with Gasteiger partial charge in [-0.15, -0.1) is 0 Å². The van der Waals surface area contributed by atoms with Gasteiger partial charge in [0.25, 0.3) is 0 Å². The van der Waals surface area contributed by atoms with Crippen LogP contribution in [0.15, 0.2) is 30.3 Å². The van der Waals surface area contributed by atoms with Crippen molar-refractivity contribution in [3.63, 3.8) is 0 Å². The van der Waals surface area contributed by atoms with Gasteiger partial charge in [0, 0.05) is 13.0 Å². The van der Waals surface area contributed by atoms with Crippen LogP contribution in [0.4, 0.5) is 0 Å². The van der Waals surface area contributed by atoms with Crippen LogP contribution in [0.25, 0.3) is 0 Å². The van der Waals surface area contributed by atoms with Crippen molar-refractivity contribution < 1.29 is 14.3 Å². The molecule has 1 aromatic rings. The first-order valence-corrected chi connectivity index (χ1v) is 7.35. The van der Waals surface area contributed by atoms with Gasteiger partial charge in [-0.1, -0.05) is 30.3 Å². The number of hydrogen-bond donors (Lipinski definition) is 0. The van der Waals surface area contributed by atoms with E-state index in [9.17, 15) is 9.59 Å². The topological polar surface area (TPSA) is 46.6 Å². The molecule has 1 aliphatic rings. The Morgan fingerprint density at radius 1 is 1.29 bits per heavy atom. The molecule has 0 spiro atoms. The fraction of sp³-hybridized carbons (Fsp3) is 0.529. The second-order valence-electron chi connectivity index (χ2n) is 6.57. The molecular formula is C17H23NO3. The summed E-state index contributed by atoms with van der Waals surface area (Å²) in [5.74, 6) is -0.622. The van der Waals surface area contributed by atoms with Crippen molar-refractivity contribution in [2.75, 3.05) is 6.54 Å². The number of benzene rings is 1. The Balaban J connectivity index is 2.05. The second-order valence-corrected chi connectivity index (χ2v) is 6.57. The molecule has 114 valence electrons. The number of hydrogen-bond acceptors (Lipinski definition) is 3. The highest BCUT2D eigenvalue weighted by Crippen LogP contribution is 2.29. The summed E-state index contributed by atoms with van der Waals surface area (Å²) < 4.78 is 5.39. The lowest BCUT2D eigenvalue weighted by Gasteiger charge is -2.26. The zero-order valence-electron chi connectivity index (χ0n) is 13.1. The number of carbonyl (C=O) groups excluding carboxylic acids is 2. The summed E-state index contributed by atoms with van der Waals surface area (Å²) in [6.45, 7) is 7.94. The summed E-state index contributed by atoms with van der Waals surface area (Å²) in [7, 11) is 0. The number of rotatable bonds is 3. The summed E-state index contributed by atoms with van der Waals surface area (Å²) in [5.41, 5.74) is 0.564. The largest absolute Gasteiger partial charge is 0.460 e. The van der Waals surface area contributed by atoms with E-state index >= 15 is 0 Å². The van der Waals surface area contributed by atoms with E-state index in [-0.39, 0.29) is 30.3 Å². The van der Waals surface area contributed by atoms with Gasteiger partial charge >= 0.3 is 5.97 Å². The Bertz CT molecular complexity index is 519. The van der Waals surface area contributed by atoms with E-state index in [1.165, 1.54) is 0 Å². The van der Waals surface area contributed by atoms with E-state index in [0.29, 0.717) is 6.54 Å². The standard InChI is InChI=1S/C17H23NO3/c1-12(13-8-6-5-7-9-13)18-11-14(10-15(18)19)16(20)21-17(2,3)4/h5-9,12,14H,10-11H2,1-4H3/t12?,14-/m1/s1. The van der Waals surface area contributed by atoms with Gasteiger partial charge < -0.3 is 9.64 Å². The molecule has 2 rings (SSSR count). The summed E-state index contributed by atoms with van der Waals surface area (Å²) >= 11 is 0. The second kappa shape index (κ2) is 5.88. The molecule has 0 saturated carbocycles. The van der Waals surface area contributed by atoms with Crippen LogP contribution >= 0.6 is 0 Å². The van der Waals surface area contributed by atoms with E-state index in [1.807, 2.05) is 58.0 Å². The molecular weight excluding hydrogens is 266 g/mol. The average Bonchev–Trinajstić information content (AvgIpc) is 2.79. The average molecular weight is 289 g/mol. The minimum atomic E-state index is -0.515. The summed E-state index contributed by atoms with van der Waals surface area (Å²) in [5, 5.41) is 0. The molecule has 4 heteroatoms. The smallest absolute Gasteiger partial charge is 0.311 e. The number of nitrogens with zero attached hydrogens (tertiary/aromatic N) is 1. The van der Waals surface area contributed by atoms with Crippen molar-refractivity contribution in [2.45, 2.75) is 45.8 Å². The first-order valence-electron chi connectivity index (χ1n) is 7.35. The highest BCUT2D eigenvalue weighted by molar-refractivity contribution is 5.87. The fourth-order valence-corrected chi connectivity index (χ4v) is 2.56. The molecule has 0 radical (unpaired) electrons. The number of likely N-dealkylation sites (tertiary alicyclic amines) is 1. The first-order chi connectivity index (χ1) is 9.78. The van der Waals surface area contributed by atoms with Crippen LogP contribution < -0.4 is 0 Å². The maximum Gasteiger partial charge on any atom is 0.311 e. The van der Waals surface area contributed by atoms with E-state index in [1.54, 1.807) is 4.90 Å². The van der Waals surface area contributed by atoms with Crippen molar-refractivity contribution >= 4 is 11.9 Å². The van der Waals surface area contributed by atoms with Crippen LogP contribution in [0.3, 0.4) is 0 Å². The quantitative estimate of drug-likeness (QED) is 0.804. The van der Waals surface area contributed by atoms with Crippen LogP contribution in [0.1, 0.15) is 45.7 Å². The fourth-order valence-electron chi connectivity index (χ4n) is 2.56. The molecule has 1 fully saturated rings. The Morgan fingerprint density at radius 2 is 1.90 bits per heavy atom. The molecule has 0 aromatic heterocycles. The maximum atomic E-state index is 12.2. The highest BCUT2D eigenvalue weighted by atomic mass is 16.6. The minimum Gasteiger partial charge on any atom is -0.460 e. The number of ether oxygens (including phenoxy) is 1. The molecule has 21 heavy (non-hydrogen) atoms. The molecule has 1 amide bonds. The van der Waals surface area contributed by atoms with Crippen molar-refractivity contribution in [2.24, 2.45) is 5.92 Å². The minimum absolute atomic E-state index is 0.0159. The third kappa shape index (κ3) is 3.84. The van der Waals surface area contributed by atoms with E-state index in [2.05, 4.69) is 0 Å². The molecule has 4 nitrogen and oxygen atoms in total. The van der Waals surface area contributed by atoms with Gasteiger partial charge in [-0.05, 0) is 33.3 Å². The van der Waals surface area contributed by atoms with Crippen molar-refractivity contribution in [1.82, 2.24) is 4.90 Å². The van der Waals surface area contributed by atoms with Crippen LogP contribution in [-0.2, 0) is 14.3 Å². The lowest BCUT2D eigenvalue weighted by Crippen LogP contribution is -2.32. The van der Waals surface area contributed by atoms with Gasteiger partial charge in [-0.25, -0.2) is 0 Å². The lowest BCUT2D eigenvalue weighted by atomic mass is 10.1. The van der Waals surface area contributed by atoms with Gasteiger partial charge in [0.15, 0.2) is 0 Å². The van der Waals surface area contributed by atoms with Crippen molar-refractivity contribution in [1.29, 1.82) is 0 Å². The van der Waals surface area contributed by atoms with Crippen LogP contribution in [-0.4, -0.2) is 28.9 Å². The molecule has 0 bridgehead atoms. The normalized spacial score (nSPS) is 20.5. The third-order valence-electron chi connectivity index (χ3n) is 3.65. The molecule has 1 aliphatic heterocycles. The Morgan fingerprint density at radius 3 is 2.48 bits per heavy atom. The van der Waals surface area contributed by atoms with Gasteiger partial charge in [0.05, 0.1) is 12.0 Å². The third-order valence-corrected chi connectivity index (χ3v) is 3.65. The molecule has 0 aliphatic carbocycles. The lowest BCUT2D eigenvalue weighted by molar-refractivity contribution is -0.159. The van der Waals surface area contributed by atoms with Crippen molar-refractivity contribution in [3.8, 4) is 0 Å². The van der Waals surface area contributed by atoms with Crippen LogP contribution in [0.5, 0.6) is 0 Å². The Hall–Kier alpha value is -1.84. The summed E-state index contributed by atoms with van der Waals surface area (Å²) in [6, 6.07) is 9.84. The predicted octanol–water partition coefficient (Wildman–Crippen LogP) is 2.94. The molecule has 1 unspecified atom stereocenters. The monoisotopic (exact) mass is 289 g/mol. The van der Waals surface area contributed by atoms with E-state index < -0.39 is 5.60 Å². The zero-order valence-corrected chi connectivity index (χ0v) is 13.1. The van der Waals surface area contributed by atoms with Crippen LogP contribution in [0.2, 0.25) is 0 Å².